The van der Waals surface area contributed by atoms with E-state index in [1.807, 2.05) is 0 Å². The van der Waals surface area contributed by atoms with Crippen molar-refractivity contribution in [1.82, 2.24) is 0 Å². The molecule has 130 valence electrons. The second-order valence-corrected chi connectivity index (χ2v) is 12.8. The summed E-state index contributed by atoms with van der Waals surface area (Å²) in [5, 5.41) is -0.00250. The molecule has 0 N–H and O–H groups in total. The second-order valence-electron chi connectivity index (χ2n) is 8.02. The number of hydrogen-bond donors (Lipinski definition) is 0. The first kappa shape index (κ1) is 19.8. The van der Waals surface area contributed by atoms with Crippen LogP contribution in [0.3, 0.4) is 0 Å². The molecule has 0 amide bonds. The number of methoxy groups -OCH3 is 1. The highest BCUT2D eigenvalue weighted by molar-refractivity contribution is 6.74. The number of rotatable bonds is 5. The van der Waals surface area contributed by atoms with Crippen molar-refractivity contribution in [2.45, 2.75) is 58.9 Å². The van der Waals surface area contributed by atoms with Crippen molar-refractivity contribution in [3.8, 4) is 0 Å². The number of carbonyl (C=O) groups is 1. The highest BCUT2D eigenvalue weighted by Gasteiger charge is 2.46. The van der Waals surface area contributed by atoms with Crippen molar-refractivity contribution in [3.05, 3.63) is 35.6 Å². The van der Waals surface area contributed by atoms with Crippen LogP contribution >= 0.6 is 0 Å². The van der Waals surface area contributed by atoms with Gasteiger partial charge in [0.2, 0.25) is 0 Å². The molecule has 1 atom stereocenters. The Balaban J connectivity index is 3.33. The topological polar surface area (TPSA) is 35.5 Å². The van der Waals surface area contributed by atoms with Gasteiger partial charge in [0.25, 0.3) is 0 Å². The first-order valence-corrected chi connectivity index (χ1v) is 10.8. The molecule has 0 aliphatic heterocycles. The van der Waals surface area contributed by atoms with Gasteiger partial charge in [-0.15, -0.1) is 0 Å². The molecule has 0 aromatic heterocycles. The van der Waals surface area contributed by atoms with Crippen LogP contribution in [0.5, 0.6) is 0 Å². The average Bonchev–Trinajstić information content (AvgIpc) is 2.43. The van der Waals surface area contributed by atoms with Crippen molar-refractivity contribution >= 4 is 14.3 Å². The highest BCUT2D eigenvalue weighted by atomic mass is 28.4. The van der Waals surface area contributed by atoms with Crippen molar-refractivity contribution in [2.24, 2.45) is 5.41 Å². The molecule has 23 heavy (non-hydrogen) atoms. The lowest BCUT2D eigenvalue weighted by Gasteiger charge is -2.43. The van der Waals surface area contributed by atoms with Crippen LogP contribution in [0, 0.1) is 11.2 Å². The number of esters is 1. The first-order valence-electron chi connectivity index (χ1n) is 7.84. The molecule has 5 heteroatoms. The molecule has 0 aliphatic rings. The summed E-state index contributed by atoms with van der Waals surface area (Å²) in [5.41, 5.74) is -0.0890. The molecule has 0 radical (unpaired) electrons. The predicted molar refractivity (Wildman–Crippen MR) is 93.2 cm³/mol. The Morgan fingerprint density at radius 1 is 1.09 bits per heavy atom. The van der Waals surface area contributed by atoms with E-state index in [2.05, 4.69) is 33.9 Å². The molecule has 1 unspecified atom stereocenters. The smallest absolute Gasteiger partial charge is 0.314 e. The normalized spacial score (nSPS) is 14.5. The quantitative estimate of drug-likeness (QED) is 0.553. The summed E-state index contributed by atoms with van der Waals surface area (Å²) in [5.74, 6) is -0.652. The number of hydrogen-bond acceptors (Lipinski definition) is 3. The lowest BCUT2D eigenvalue weighted by Crippen LogP contribution is -2.46. The van der Waals surface area contributed by atoms with Crippen LogP contribution in [0.1, 0.15) is 46.3 Å². The standard InChI is InChI=1S/C18H29FO3Si/c1-17(2,3)23(7,8)22-15(18(4,5)16(20)21-6)13-9-11-14(19)12-10-13/h9-12,15H,1-8H3. The van der Waals surface area contributed by atoms with Crippen molar-refractivity contribution in [3.63, 3.8) is 0 Å². The van der Waals surface area contributed by atoms with Crippen LogP contribution in [0.2, 0.25) is 18.1 Å². The van der Waals surface area contributed by atoms with Gasteiger partial charge in [0, 0.05) is 0 Å². The van der Waals surface area contributed by atoms with E-state index in [0.29, 0.717) is 0 Å². The Labute approximate surface area is 140 Å². The van der Waals surface area contributed by atoms with E-state index in [9.17, 15) is 9.18 Å². The molecular formula is C18H29FO3Si. The maximum atomic E-state index is 13.3. The third-order valence-electron chi connectivity index (χ3n) is 4.76. The zero-order valence-corrected chi connectivity index (χ0v) is 16.5. The number of benzene rings is 1. The van der Waals surface area contributed by atoms with Crippen LogP contribution in [-0.4, -0.2) is 21.4 Å². The van der Waals surface area contributed by atoms with Gasteiger partial charge in [0.15, 0.2) is 8.32 Å². The monoisotopic (exact) mass is 340 g/mol. The van der Waals surface area contributed by atoms with E-state index in [-0.39, 0.29) is 16.8 Å². The molecule has 0 fully saturated rings. The number of carbonyl (C=O) groups excluding carboxylic acids is 1. The largest absolute Gasteiger partial charge is 0.469 e. The summed E-state index contributed by atoms with van der Waals surface area (Å²) >= 11 is 0. The van der Waals surface area contributed by atoms with Gasteiger partial charge in [-0.1, -0.05) is 32.9 Å². The molecule has 1 rings (SSSR count). The summed E-state index contributed by atoms with van der Waals surface area (Å²) in [7, 11) is -0.761. The number of ether oxygens (including phenoxy) is 1. The Hall–Kier alpha value is -1.20. The molecule has 1 aromatic rings. The van der Waals surface area contributed by atoms with Crippen LogP contribution in [-0.2, 0) is 14.0 Å². The summed E-state index contributed by atoms with van der Waals surface area (Å²) in [4.78, 5) is 12.3. The van der Waals surface area contributed by atoms with E-state index >= 15 is 0 Å². The molecule has 0 spiro atoms. The fraction of sp³-hybridized carbons (Fsp3) is 0.611. The second kappa shape index (κ2) is 6.73. The van der Waals surface area contributed by atoms with Gasteiger partial charge in [0.05, 0.1) is 18.6 Å². The van der Waals surface area contributed by atoms with E-state index in [1.165, 1.54) is 19.2 Å². The lowest BCUT2D eigenvalue weighted by molar-refractivity contribution is -0.157. The van der Waals surface area contributed by atoms with Gasteiger partial charge in [-0.2, -0.15) is 0 Å². The Morgan fingerprint density at radius 3 is 1.96 bits per heavy atom. The Bertz CT molecular complexity index is 544. The summed E-state index contributed by atoms with van der Waals surface area (Å²) in [6.45, 7) is 14.3. The zero-order valence-electron chi connectivity index (χ0n) is 15.5. The molecule has 0 bridgehead atoms. The first-order chi connectivity index (χ1) is 10.3. The van der Waals surface area contributed by atoms with Gasteiger partial charge >= 0.3 is 5.97 Å². The molecule has 0 heterocycles. The Kier molecular flexibility index (Phi) is 5.81. The van der Waals surface area contributed by atoms with Crippen LogP contribution in [0.4, 0.5) is 4.39 Å². The van der Waals surface area contributed by atoms with Gasteiger partial charge < -0.3 is 9.16 Å². The molecule has 0 saturated carbocycles. The SMILES string of the molecule is COC(=O)C(C)(C)C(O[Si](C)(C)C(C)(C)C)c1ccc(F)cc1. The van der Waals surface area contributed by atoms with Gasteiger partial charge in [0.1, 0.15) is 5.82 Å². The fourth-order valence-corrected chi connectivity index (χ4v) is 3.48. The minimum absolute atomic E-state index is 0.00250. The third-order valence-corrected chi connectivity index (χ3v) is 9.20. The number of halogens is 1. The van der Waals surface area contributed by atoms with Gasteiger partial charge in [-0.3, -0.25) is 4.79 Å². The van der Waals surface area contributed by atoms with Crippen molar-refractivity contribution in [2.75, 3.05) is 7.11 Å². The van der Waals surface area contributed by atoms with Gasteiger partial charge in [-0.05, 0) is 49.7 Å². The molecular weight excluding hydrogens is 311 g/mol. The third kappa shape index (κ3) is 4.41. The van der Waals surface area contributed by atoms with Crippen LogP contribution in [0.15, 0.2) is 24.3 Å². The average molecular weight is 341 g/mol. The van der Waals surface area contributed by atoms with Crippen LogP contribution < -0.4 is 0 Å². The van der Waals surface area contributed by atoms with Crippen LogP contribution in [0.25, 0.3) is 0 Å². The van der Waals surface area contributed by atoms with E-state index in [4.69, 9.17) is 9.16 Å². The minimum atomic E-state index is -2.13. The molecule has 0 saturated heterocycles. The minimum Gasteiger partial charge on any atom is -0.469 e. The van der Waals surface area contributed by atoms with Crippen molar-refractivity contribution < 1.29 is 18.3 Å². The molecule has 3 nitrogen and oxygen atoms in total. The van der Waals surface area contributed by atoms with E-state index < -0.39 is 19.8 Å². The summed E-state index contributed by atoms with van der Waals surface area (Å²) < 4.78 is 24.8. The zero-order chi connectivity index (χ0) is 18.1. The maximum absolute atomic E-state index is 13.3. The van der Waals surface area contributed by atoms with E-state index in [1.54, 1.807) is 26.0 Å². The van der Waals surface area contributed by atoms with Crippen molar-refractivity contribution in [1.29, 1.82) is 0 Å². The maximum Gasteiger partial charge on any atom is 0.314 e. The summed E-state index contributed by atoms with van der Waals surface area (Å²) in [6, 6.07) is 6.14. The van der Waals surface area contributed by atoms with Gasteiger partial charge in [-0.25, -0.2) is 4.39 Å². The highest BCUT2D eigenvalue weighted by Crippen LogP contribution is 2.45. The molecule has 0 aliphatic carbocycles. The van der Waals surface area contributed by atoms with E-state index in [0.717, 1.165) is 5.56 Å². The molecule has 1 aromatic carbocycles. The predicted octanol–water partition coefficient (Wildman–Crippen LogP) is 5.09. The summed E-state index contributed by atoms with van der Waals surface area (Å²) in [6.07, 6.45) is -0.489. The fourth-order valence-electron chi connectivity index (χ4n) is 2.11. The Morgan fingerprint density at radius 2 is 1.57 bits per heavy atom. The lowest BCUT2D eigenvalue weighted by atomic mass is 9.83.